The first-order valence-corrected chi connectivity index (χ1v) is 9.29. The highest BCUT2D eigenvalue weighted by atomic mass is 16.6. The molecule has 0 bridgehead atoms. The van der Waals surface area contributed by atoms with E-state index >= 15 is 0 Å². The van der Waals surface area contributed by atoms with E-state index in [0.29, 0.717) is 12.3 Å². The third-order valence-electron chi connectivity index (χ3n) is 4.37. The second-order valence-electron chi connectivity index (χ2n) is 7.89. The summed E-state index contributed by atoms with van der Waals surface area (Å²) in [5, 5.41) is 5.95. The molecule has 1 aromatic rings. The molecule has 0 unspecified atom stereocenters. The van der Waals surface area contributed by atoms with Gasteiger partial charge >= 0.3 is 6.09 Å². The average molecular weight is 362 g/mol. The molecule has 26 heavy (non-hydrogen) atoms. The van der Waals surface area contributed by atoms with E-state index in [0.717, 1.165) is 38.5 Å². The van der Waals surface area contributed by atoms with Crippen LogP contribution >= 0.6 is 0 Å². The maximum atomic E-state index is 12.3. The molecule has 1 saturated carbocycles. The lowest BCUT2D eigenvalue weighted by atomic mass is 9.90. The van der Waals surface area contributed by atoms with Crippen molar-refractivity contribution in [3.63, 3.8) is 0 Å². The highest BCUT2D eigenvalue weighted by Crippen LogP contribution is 2.27. The Balaban J connectivity index is 1.97. The number of amides is 2. The van der Waals surface area contributed by atoms with Gasteiger partial charge in [-0.05, 0) is 51.8 Å². The van der Waals surface area contributed by atoms with Crippen molar-refractivity contribution in [3.8, 4) is 0 Å². The van der Waals surface area contributed by atoms with E-state index in [2.05, 4.69) is 10.6 Å². The van der Waals surface area contributed by atoms with Gasteiger partial charge < -0.3 is 19.8 Å². The summed E-state index contributed by atoms with van der Waals surface area (Å²) in [6.07, 6.45) is 10.2. The van der Waals surface area contributed by atoms with Crippen molar-refractivity contribution in [1.82, 2.24) is 10.6 Å². The molecule has 6 nitrogen and oxygen atoms in total. The Morgan fingerprint density at radius 3 is 2.50 bits per heavy atom. The van der Waals surface area contributed by atoms with E-state index in [-0.39, 0.29) is 5.91 Å². The maximum Gasteiger partial charge on any atom is 0.408 e. The molecule has 1 aliphatic carbocycles. The van der Waals surface area contributed by atoms with Crippen molar-refractivity contribution in [3.05, 3.63) is 30.2 Å². The number of hydrogen-bond donors (Lipinski definition) is 2. The van der Waals surface area contributed by atoms with Crippen molar-refractivity contribution >= 4 is 18.1 Å². The van der Waals surface area contributed by atoms with Crippen LogP contribution < -0.4 is 10.6 Å². The van der Waals surface area contributed by atoms with Crippen molar-refractivity contribution in [2.24, 2.45) is 0 Å². The van der Waals surface area contributed by atoms with Gasteiger partial charge in [-0.3, -0.25) is 4.79 Å². The molecule has 2 rings (SSSR count). The van der Waals surface area contributed by atoms with Crippen LogP contribution in [0.5, 0.6) is 0 Å². The van der Waals surface area contributed by atoms with E-state index in [1.807, 2.05) is 20.8 Å². The minimum absolute atomic E-state index is 0.212. The van der Waals surface area contributed by atoms with Gasteiger partial charge in [-0.25, -0.2) is 4.79 Å². The zero-order chi connectivity index (χ0) is 19.0. The lowest BCUT2D eigenvalue weighted by molar-refractivity contribution is -0.116. The standard InChI is InChI=1S/C20H30N2O4/c1-19(2,3)26-18(24)22-20(12-6-4-5-7-13-20)15-21-17(23)11-10-16-9-8-14-25-16/h8-11,14H,4-7,12-13,15H2,1-3H3,(H,21,23)(H,22,24)/b11-10+. The molecular formula is C20H30N2O4. The fourth-order valence-corrected chi connectivity index (χ4v) is 3.13. The lowest BCUT2D eigenvalue weighted by Gasteiger charge is -2.35. The summed E-state index contributed by atoms with van der Waals surface area (Å²) < 4.78 is 10.6. The monoisotopic (exact) mass is 362 g/mol. The van der Waals surface area contributed by atoms with E-state index in [1.165, 1.54) is 6.08 Å². The summed E-state index contributed by atoms with van der Waals surface area (Å²) in [6.45, 7) is 5.90. The number of ether oxygens (including phenoxy) is 1. The molecule has 1 heterocycles. The molecule has 1 aromatic heterocycles. The minimum atomic E-state index is -0.551. The number of rotatable bonds is 5. The lowest BCUT2D eigenvalue weighted by Crippen LogP contribution is -2.56. The molecule has 0 radical (unpaired) electrons. The topological polar surface area (TPSA) is 80.6 Å². The van der Waals surface area contributed by atoms with Gasteiger partial charge in [0.1, 0.15) is 11.4 Å². The van der Waals surface area contributed by atoms with E-state index < -0.39 is 17.2 Å². The van der Waals surface area contributed by atoms with Gasteiger partial charge in [-0.15, -0.1) is 0 Å². The highest BCUT2D eigenvalue weighted by Gasteiger charge is 2.34. The predicted octanol–water partition coefficient (Wildman–Crippen LogP) is 4.03. The zero-order valence-corrected chi connectivity index (χ0v) is 16.0. The maximum absolute atomic E-state index is 12.3. The quantitative estimate of drug-likeness (QED) is 0.612. The Kier molecular flexibility index (Phi) is 6.89. The third kappa shape index (κ3) is 6.94. The van der Waals surface area contributed by atoms with Crippen molar-refractivity contribution in [2.75, 3.05) is 6.54 Å². The second-order valence-corrected chi connectivity index (χ2v) is 7.89. The minimum Gasteiger partial charge on any atom is -0.465 e. The SMILES string of the molecule is CC(C)(C)OC(=O)NC1(CNC(=O)/C=C/c2ccco2)CCCCCC1. The zero-order valence-electron chi connectivity index (χ0n) is 16.0. The van der Waals surface area contributed by atoms with Gasteiger partial charge in [0.2, 0.25) is 5.91 Å². The van der Waals surface area contributed by atoms with Gasteiger partial charge in [0, 0.05) is 12.6 Å². The van der Waals surface area contributed by atoms with Crippen LogP contribution in [0.15, 0.2) is 28.9 Å². The Hall–Kier alpha value is -2.24. The first-order chi connectivity index (χ1) is 12.3. The number of alkyl carbamates (subject to hydrolysis) is 1. The molecule has 2 amide bonds. The van der Waals surface area contributed by atoms with Crippen LogP contribution in [-0.4, -0.2) is 29.7 Å². The Morgan fingerprint density at radius 2 is 1.92 bits per heavy atom. The van der Waals surface area contributed by atoms with Gasteiger partial charge in [-0.1, -0.05) is 25.7 Å². The fraction of sp³-hybridized carbons (Fsp3) is 0.600. The van der Waals surface area contributed by atoms with Crippen LogP contribution in [0, 0.1) is 0 Å². The Labute approximate surface area is 155 Å². The average Bonchev–Trinajstić information content (AvgIpc) is 2.96. The van der Waals surface area contributed by atoms with Crippen LogP contribution in [0.25, 0.3) is 6.08 Å². The molecule has 0 aliphatic heterocycles. The fourth-order valence-electron chi connectivity index (χ4n) is 3.13. The first kappa shape index (κ1) is 20.1. The number of nitrogens with one attached hydrogen (secondary N) is 2. The van der Waals surface area contributed by atoms with Crippen molar-refractivity contribution in [2.45, 2.75) is 70.4 Å². The molecule has 2 N–H and O–H groups in total. The summed E-state index contributed by atoms with van der Waals surface area (Å²) in [5.41, 5.74) is -1.02. The molecule has 1 fully saturated rings. The van der Waals surface area contributed by atoms with Crippen LogP contribution in [0.2, 0.25) is 0 Å². The summed E-state index contributed by atoms with van der Waals surface area (Å²) >= 11 is 0. The van der Waals surface area contributed by atoms with E-state index in [1.54, 1.807) is 24.5 Å². The Bertz CT molecular complexity index is 606. The smallest absolute Gasteiger partial charge is 0.408 e. The van der Waals surface area contributed by atoms with Crippen LogP contribution in [0.3, 0.4) is 0 Å². The van der Waals surface area contributed by atoms with Gasteiger partial charge in [0.05, 0.1) is 11.8 Å². The molecule has 144 valence electrons. The number of furan rings is 1. The van der Waals surface area contributed by atoms with Crippen molar-refractivity contribution < 1.29 is 18.7 Å². The molecule has 1 aliphatic rings. The number of carbonyl (C=O) groups is 2. The molecule has 6 heteroatoms. The summed E-state index contributed by atoms with van der Waals surface area (Å²) in [6, 6.07) is 3.55. The molecule has 0 aromatic carbocycles. The number of carbonyl (C=O) groups excluding carboxylic acids is 2. The molecule has 0 saturated heterocycles. The van der Waals surface area contributed by atoms with Gasteiger partial charge in [0.25, 0.3) is 0 Å². The van der Waals surface area contributed by atoms with Gasteiger partial charge in [0.15, 0.2) is 0 Å². The van der Waals surface area contributed by atoms with Gasteiger partial charge in [-0.2, -0.15) is 0 Å². The third-order valence-corrected chi connectivity index (χ3v) is 4.37. The number of hydrogen-bond acceptors (Lipinski definition) is 4. The van der Waals surface area contributed by atoms with Crippen LogP contribution in [0.4, 0.5) is 4.79 Å². The molecular weight excluding hydrogens is 332 g/mol. The summed E-state index contributed by atoms with van der Waals surface area (Å²) in [4.78, 5) is 24.4. The second kappa shape index (κ2) is 8.92. The highest BCUT2D eigenvalue weighted by molar-refractivity contribution is 5.91. The largest absolute Gasteiger partial charge is 0.465 e. The van der Waals surface area contributed by atoms with E-state index in [4.69, 9.17) is 9.15 Å². The predicted molar refractivity (Wildman–Crippen MR) is 101 cm³/mol. The van der Waals surface area contributed by atoms with Crippen molar-refractivity contribution in [1.29, 1.82) is 0 Å². The van der Waals surface area contributed by atoms with Crippen LogP contribution in [-0.2, 0) is 9.53 Å². The first-order valence-electron chi connectivity index (χ1n) is 9.29. The summed E-state index contributed by atoms with van der Waals surface area (Å²) in [7, 11) is 0. The Morgan fingerprint density at radius 1 is 1.23 bits per heavy atom. The molecule has 0 atom stereocenters. The van der Waals surface area contributed by atoms with E-state index in [9.17, 15) is 9.59 Å². The van der Waals surface area contributed by atoms with Crippen LogP contribution in [0.1, 0.15) is 65.1 Å². The molecule has 0 spiro atoms. The summed E-state index contributed by atoms with van der Waals surface area (Å²) in [5.74, 6) is 0.409. The normalized spacial score (nSPS) is 17.5.